The number of hydrogen-bond donors (Lipinski definition) is 1. The third kappa shape index (κ3) is 5.17. The van der Waals surface area contributed by atoms with Crippen LogP contribution in [-0.2, 0) is 9.59 Å². The molecule has 0 aliphatic rings. The van der Waals surface area contributed by atoms with E-state index in [1.165, 1.54) is 16.7 Å². The van der Waals surface area contributed by atoms with Gasteiger partial charge in [-0.3, -0.25) is 9.59 Å². The van der Waals surface area contributed by atoms with Gasteiger partial charge in [-0.05, 0) is 37.1 Å². The highest BCUT2D eigenvalue weighted by Gasteiger charge is 2.12. The van der Waals surface area contributed by atoms with Crippen molar-refractivity contribution < 1.29 is 14.7 Å². The maximum atomic E-state index is 11.9. The number of aliphatic carboxylic acids is 1. The smallest absolute Gasteiger partial charge is 0.305 e. The molecule has 0 saturated heterocycles. The largest absolute Gasteiger partial charge is 0.481 e. The number of amides is 1. The number of carbonyl (C=O) groups is 2. The molecule has 0 spiro atoms. The fourth-order valence-electron chi connectivity index (χ4n) is 1.55. The van der Waals surface area contributed by atoms with Gasteiger partial charge < -0.3 is 10.0 Å². The van der Waals surface area contributed by atoms with Gasteiger partial charge in [0.2, 0.25) is 5.91 Å². The quantitative estimate of drug-likeness (QED) is 0.792. The first-order valence-corrected chi connectivity index (χ1v) is 7.94. The molecule has 0 atom stereocenters. The monoisotopic (exact) mass is 359 g/mol. The van der Waals surface area contributed by atoms with Crippen molar-refractivity contribution in [2.24, 2.45) is 0 Å². The second-order valence-corrected chi connectivity index (χ2v) is 6.49. The Bertz CT molecular complexity index is 519. The minimum Gasteiger partial charge on any atom is -0.481 e. The number of thioether (sulfide) groups is 1. The molecule has 1 N–H and O–H groups in total. The van der Waals surface area contributed by atoms with Crippen molar-refractivity contribution in [1.29, 1.82) is 0 Å². The Labute approximate surface area is 131 Å². The van der Waals surface area contributed by atoms with Gasteiger partial charge in [0.25, 0.3) is 0 Å². The molecule has 1 rings (SSSR count). The van der Waals surface area contributed by atoms with Crippen LogP contribution in [0.4, 0.5) is 0 Å². The first kappa shape index (κ1) is 17.0. The fraction of sp³-hybridized carbons (Fsp3) is 0.429. The molecule has 0 radical (unpaired) electrons. The Balaban J connectivity index is 2.56. The number of nitrogens with zero attached hydrogens (tertiary/aromatic N) is 1. The van der Waals surface area contributed by atoms with Crippen LogP contribution in [0.3, 0.4) is 0 Å². The standard InChI is InChI=1S/C14H18BrNO3S/c1-9-7-12(10(2)6-11(9)15)20-8-13(17)16(3)5-4-14(18)19/h6-7H,4-5,8H2,1-3H3,(H,18,19). The van der Waals surface area contributed by atoms with Crippen LogP contribution in [0.15, 0.2) is 21.5 Å². The highest BCUT2D eigenvalue weighted by Crippen LogP contribution is 2.28. The van der Waals surface area contributed by atoms with Crippen molar-refractivity contribution in [3.05, 3.63) is 27.7 Å². The van der Waals surface area contributed by atoms with Gasteiger partial charge in [-0.25, -0.2) is 0 Å². The van der Waals surface area contributed by atoms with Crippen molar-refractivity contribution in [1.82, 2.24) is 4.90 Å². The number of hydrogen-bond acceptors (Lipinski definition) is 3. The minimum absolute atomic E-state index is 0.0245. The van der Waals surface area contributed by atoms with Gasteiger partial charge >= 0.3 is 5.97 Å². The molecule has 0 heterocycles. The number of carbonyl (C=O) groups excluding carboxylic acids is 1. The molecular formula is C14H18BrNO3S. The summed E-state index contributed by atoms with van der Waals surface area (Å²) in [6, 6.07) is 4.09. The van der Waals surface area contributed by atoms with E-state index >= 15 is 0 Å². The average molecular weight is 360 g/mol. The fourth-order valence-corrected chi connectivity index (χ4v) is 3.05. The molecule has 1 aromatic carbocycles. The highest BCUT2D eigenvalue weighted by atomic mass is 79.9. The summed E-state index contributed by atoms with van der Waals surface area (Å²) in [5.74, 6) is -0.634. The van der Waals surface area contributed by atoms with Crippen molar-refractivity contribution in [3.8, 4) is 0 Å². The SMILES string of the molecule is Cc1cc(SCC(=O)N(C)CCC(=O)O)c(C)cc1Br. The van der Waals surface area contributed by atoms with Crippen molar-refractivity contribution in [2.45, 2.75) is 25.2 Å². The average Bonchev–Trinajstić information content (AvgIpc) is 2.38. The van der Waals surface area contributed by atoms with E-state index in [0.717, 1.165) is 20.5 Å². The van der Waals surface area contributed by atoms with Gasteiger partial charge in [-0.15, -0.1) is 11.8 Å². The Morgan fingerprint density at radius 2 is 1.95 bits per heavy atom. The molecule has 0 aliphatic carbocycles. The minimum atomic E-state index is -0.892. The maximum Gasteiger partial charge on any atom is 0.305 e. The first-order chi connectivity index (χ1) is 9.31. The molecule has 0 aromatic heterocycles. The molecule has 0 fully saturated rings. The Morgan fingerprint density at radius 3 is 2.55 bits per heavy atom. The van der Waals surface area contributed by atoms with E-state index in [0.29, 0.717) is 5.75 Å². The second kappa shape index (κ2) is 7.69. The first-order valence-electron chi connectivity index (χ1n) is 6.16. The molecule has 0 aliphatic heterocycles. The number of aryl methyl sites for hydroxylation is 2. The molecule has 1 aromatic rings. The number of halogens is 1. The maximum absolute atomic E-state index is 11.9. The van der Waals surface area contributed by atoms with Crippen molar-refractivity contribution >= 4 is 39.6 Å². The van der Waals surface area contributed by atoms with Gasteiger partial charge in [-0.2, -0.15) is 0 Å². The van der Waals surface area contributed by atoms with E-state index in [4.69, 9.17) is 5.11 Å². The molecule has 6 heteroatoms. The molecule has 4 nitrogen and oxygen atoms in total. The third-order valence-electron chi connectivity index (χ3n) is 2.89. The summed E-state index contributed by atoms with van der Waals surface area (Å²) in [5.41, 5.74) is 2.25. The predicted molar refractivity (Wildman–Crippen MR) is 84.2 cm³/mol. The lowest BCUT2D eigenvalue weighted by atomic mass is 10.2. The lowest BCUT2D eigenvalue weighted by Crippen LogP contribution is -2.30. The van der Waals surface area contributed by atoms with Crippen LogP contribution in [0.25, 0.3) is 0 Å². The van der Waals surface area contributed by atoms with E-state index in [-0.39, 0.29) is 18.9 Å². The summed E-state index contributed by atoms with van der Waals surface area (Å²) >= 11 is 4.96. The Morgan fingerprint density at radius 1 is 1.30 bits per heavy atom. The van der Waals surface area contributed by atoms with E-state index < -0.39 is 5.97 Å². The number of rotatable bonds is 6. The topological polar surface area (TPSA) is 57.6 Å². The number of carboxylic acids is 1. The Hall–Kier alpha value is -1.01. The molecule has 0 saturated carbocycles. The predicted octanol–water partition coefficient (Wildman–Crippen LogP) is 3.09. The van der Waals surface area contributed by atoms with Crippen LogP contribution in [0.5, 0.6) is 0 Å². The summed E-state index contributed by atoms with van der Waals surface area (Å²) in [4.78, 5) is 24.9. The van der Waals surface area contributed by atoms with Crippen LogP contribution in [0.2, 0.25) is 0 Å². The zero-order valence-corrected chi connectivity index (χ0v) is 14.2. The van der Waals surface area contributed by atoms with E-state index in [1.54, 1.807) is 7.05 Å². The molecule has 110 valence electrons. The molecule has 0 bridgehead atoms. The highest BCUT2D eigenvalue weighted by molar-refractivity contribution is 9.10. The van der Waals surface area contributed by atoms with Crippen molar-refractivity contribution in [2.75, 3.05) is 19.3 Å². The molecule has 20 heavy (non-hydrogen) atoms. The zero-order valence-electron chi connectivity index (χ0n) is 11.8. The van der Waals surface area contributed by atoms with Crippen LogP contribution >= 0.6 is 27.7 Å². The Kier molecular flexibility index (Phi) is 6.55. The lowest BCUT2D eigenvalue weighted by molar-refractivity contribution is -0.137. The normalized spacial score (nSPS) is 10.4. The molecule has 1 amide bonds. The third-order valence-corrected chi connectivity index (χ3v) is 4.89. The molecular weight excluding hydrogens is 342 g/mol. The summed E-state index contributed by atoms with van der Waals surface area (Å²) < 4.78 is 1.06. The molecule has 0 unspecified atom stereocenters. The zero-order chi connectivity index (χ0) is 15.3. The number of carboxylic acid groups (broad SMARTS) is 1. The second-order valence-electron chi connectivity index (χ2n) is 4.61. The van der Waals surface area contributed by atoms with Gasteiger partial charge in [-0.1, -0.05) is 15.9 Å². The lowest BCUT2D eigenvalue weighted by Gasteiger charge is -2.16. The van der Waals surface area contributed by atoms with Gasteiger partial charge in [0, 0.05) is 23.0 Å². The van der Waals surface area contributed by atoms with Crippen LogP contribution < -0.4 is 0 Å². The summed E-state index contributed by atoms with van der Waals surface area (Å²) in [7, 11) is 1.63. The summed E-state index contributed by atoms with van der Waals surface area (Å²) in [6.07, 6.45) is -0.0245. The number of benzene rings is 1. The van der Waals surface area contributed by atoms with Gasteiger partial charge in [0.15, 0.2) is 0 Å². The van der Waals surface area contributed by atoms with E-state index in [9.17, 15) is 9.59 Å². The van der Waals surface area contributed by atoms with Crippen LogP contribution in [0.1, 0.15) is 17.5 Å². The van der Waals surface area contributed by atoms with E-state index in [2.05, 4.69) is 22.0 Å². The summed E-state index contributed by atoms with van der Waals surface area (Å²) in [6.45, 7) is 4.26. The van der Waals surface area contributed by atoms with Gasteiger partial charge in [0.1, 0.15) is 0 Å². The summed E-state index contributed by atoms with van der Waals surface area (Å²) in [5, 5.41) is 8.60. The van der Waals surface area contributed by atoms with E-state index in [1.807, 2.05) is 19.9 Å². The van der Waals surface area contributed by atoms with Crippen LogP contribution in [-0.4, -0.2) is 41.2 Å². The van der Waals surface area contributed by atoms with Crippen molar-refractivity contribution in [3.63, 3.8) is 0 Å². The van der Waals surface area contributed by atoms with Gasteiger partial charge in [0.05, 0.1) is 12.2 Å². The van der Waals surface area contributed by atoms with Crippen LogP contribution in [0, 0.1) is 13.8 Å².